The van der Waals surface area contributed by atoms with Crippen LogP contribution in [0.1, 0.15) is 12.0 Å². The predicted molar refractivity (Wildman–Crippen MR) is 47.1 cm³/mol. The minimum atomic E-state index is 0.180. The van der Waals surface area contributed by atoms with Gasteiger partial charge >= 0.3 is 0 Å². The molecule has 0 saturated carbocycles. The third kappa shape index (κ3) is 2.13. The van der Waals surface area contributed by atoms with Gasteiger partial charge in [-0.05, 0) is 43.1 Å². The fourth-order valence-electron chi connectivity index (χ4n) is 1.06. The Labute approximate surface area is 71.5 Å². The largest absolute Gasteiger partial charge is 0.508 e. The van der Waals surface area contributed by atoms with Crippen molar-refractivity contribution < 1.29 is 10.2 Å². The Hall–Kier alpha value is -1.22. The van der Waals surface area contributed by atoms with Gasteiger partial charge in [-0.2, -0.15) is 0 Å². The Bertz CT molecular complexity index is 261. The topological polar surface area (TPSA) is 66.5 Å². The highest BCUT2D eigenvalue weighted by Crippen LogP contribution is 2.22. The average Bonchev–Trinajstić information content (AvgIpc) is 2.07. The Morgan fingerprint density at radius 2 is 2.00 bits per heavy atom. The summed E-state index contributed by atoms with van der Waals surface area (Å²) in [6, 6.07) is 4.51. The summed E-state index contributed by atoms with van der Waals surface area (Å²) in [5.41, 5.74) is 6.07. The Morgan fingerprint density at radius 3 is 2.67 bits per heavy atom. The molecule has 0 radical (unpaired) electrons. The van der Waals surface area contributed by atoms with E-state index in [1.807, 2.05) is 0 Å². The van der Waals surface area contributed by atoms with Gasteiger partial charge in [0.25, 0.3) is 0 Å². The molecule has 0 spiro atoms. The van der Waals surface area contributed by atoms with E-state index in [9.17, 15) is 5.11 Å². The van der Waals surface area contributed by atoms with Gasteiger partial charge in [0.2, 0.25) is 0 Å². The van der Waals surface area contributed by atoms with E-state index >= 15 is 0 Å². The molecule has 0 aromatic heterocycles. The summed E-state index contributed by atoms with van der Waals surface area (Å²) in [7, 11) is 0. The molecule has 0 saturated heterocycles. The van der Waals surface area contributed by atoms with Crippen LogP contribution in [-0.4, -0.2) is 16.8 Å². The zero-order valence-corrected chi connectivity index (χ0v) is 6.83. The number of hydrogen-bond donors (Lipinski definition) is 3. The van der Waals surface area contributed by atoms with Gasteiger partial charge in [0.15, 0.2) is 0 Å². The lowest BCUT2D eigenvalue weighted by molar-refractivity contribution is 0.453. The third-order valence-electron chi connectivity index (χ3n) is 1.71. The van der Waals surface area contributed by atoms with Crippen molar-refractivity contribution >= 4 is 0 Å². The monoisotopic (exact) mass is 167 g/mol. The molecule has 1 aromatic carbocycles. The van der Waals surface area contributed by atoms with Crippen molar-refractivity contribution in [2.24, 2.45) is 5.73 Å². The minimum absolute atomic E-state index is 0.180. The summed E-state index contributed by atoms with van der Waals surface area (Å²) >= 11 is 0. The van der Waals surface area contributed by atoms with E-state index < -0.39 is 0 Å². The second kappa shape index (κ2) is 3.97. The molecule has 3 heteroatoms. The van der Waals surface area contributed by atoms with Crippen LogP contribution in [0.5, 0.6) is 11.5 Å². The standard InChI is InChI=1S/C9H13NO2/c10-5-1-2-7-6-8(11)3-4-9(7)12/h3-4,6,11-12H,1-2,5,10H2. The number of nitrogens with two attached hydrogens (primary N) is 1. The lowest BCUT2D eigenvalue weighted by Crippen LogP contribution is -2.00. The molecular weight excluding hydrogens is 154 g/mol. The van der Waals surface area contributed by atoms with Crippen molar-refractivity contribution in [1.29, 1.82) is 0 Å². The molecule has 0 aliphatic heterocycles. The average molecular weight is 167 g/mol. The first-order valence-corrected chi connectivity index (χ1v) is 3.95. The van der Waals surface area contributed by atoms with E-state index in [4.69, 9.17) is 10.8 Å². The highest BCUT2D eigenvalue weighted by molar-refractivity contribution is 5.38. The molecule has 0 aliphatic rings. The van der Waals surface area contributed by atoms with E-state index in [-0.39, 0.29) is 11.5 Å². The second-order valence-corrected chi connectivity index (χ2v) is 2.71. The Kier molecular flexibility index (Phi) is 2.94. The van der Waals surface area contributed by atoms with Gasteiger partial charge in [-0.1, -0.05) is 0 Å². The summed E-state index contributed by atoms with van der Waals surface area (Å²) in [5, 5.41) is 18.4. The molecule has 0 fully saturated rings. The molecule has 0 amide bonds. The summed E-state index contributed by atoms with van der Waals surface area (Å²) in [5.74, 6) is 0.404. The number of aryl methyl sites for hydroxylation is 1. The van der Waals surface area contributed by atoms with Gasteiger partial charge in [-0.25, -0.2) is 0 Å². The maximum absolute atomic E-state index is 9.31. The fourth-order valence-corrected chi connectivity index (χ4v) is 1.06. The highest BCUT2D eigenvalue weighted by atomic mass is 16.3. The number of benzene rings is 1. The molecule has 66 valence electrons. The SMILES string of the molecule is NCCCc1cc(O)ccc1O. The maximum Gasteiger partial charge on any atom is 0.119 e. The van der Waals surface area contributed by atoms with Gasteiger partial charge in [0.05, 0.1) is 0 Å². The first kappa shape index (κ1) is 8.87. The molecule has 4 N–H and O–H groups in total. The molecule has 0 heterocycles. The Morgan fingerprint density at radius 1 is 1.25 bits per heavy atom. The zero-order valence-electron chi connectivity index (χ0n) is 6.83. The zero-order chi connectivity index (χ0) is 8.97. The number of hydrogen-bond acceptors (Lipinski definition) is 3. The van der Waals surface area contributed by atoms with Crippen LogP contribution in [-0.2, 0) is 6.42 Å². The van der Waals surface area contributed by atoms with Crippen LogP contribution in [0.4, 0.5) is 0 Å². The number of phenolic OH excluding ortho intramolecular Hbond substituents is 2. The van der Waals surface area contributed by atoms with Crippen LogP contribution in [0.2, 0.25) is 0 Å². The smallest absolute Gasteiger partial charge is 0.119 e. The van der Waals surface area contributed by atoms with Crippen LogP contribution in [0.3, 0.4) is 0 Å². The van der Waals surface area contributed by atoms with Gasteiger partial charge in [0.1, 0.15) is 11.5 Å². The van der Waals surface area contributed by atoms with Crippen LogP contribution in [0.15, 0.2) is 18.2 Å². The molecular formula is C9H13NO2. The molecule has 12 heavy (non-hydrogen) atoms. The summed E-state index contributed by atoms with van der Waals surface area (Å²) in [6.07, 6.45) is 1.52. The van der Waals surface area contributed by atoms with Gasteiger partial charge in [-0.15, -0.1) is 0 Å². The van der Waals surface area contributed by atoms with Crippen molar-refractivity contribution in [3.05, 3.63) is 23.8 Å². The number of phenols is 2. The first-order valence-electron chi connectivity index (χ1n) is 3.95. The molecule has 0 unspecified atom stereocenters. The number of rotatable bonds is 3. The van der Waals surface area contributed by atoms with Gasteiger partial charge in [-0.3, -0.25) is 0 Å². The van der Waals surface area contributed by atoms with Crippen molar-refractivity contribution in [3.8, 4) is 11.5 Å². The maximum atomic E-state index is 9.31. The van der Waals surface area contributed by atoms with Gasteiger partial charge in [0, 0.05) is 0 Å². The van der Waals surface area contributed by atoms with Crippen molar-refractivity contribution in [3.63, 3.8) is 0 Å². The lowest BCUT2D eigenvalue weighted by atomic mass is 10.1. The van der Waals surface area contributed by atoms with Crippen LogP contribution in [0.25, 0.3) is 0 Å². The number of aromatic hydroxyl groups is 2. The van der Waals surface area contributed by atoms with E-state index in [0.717, 1.165) is 12.0 Å². The van der Waals surface area contributed by atoms with Crippen molar-refractivity contribution in [2.75, 3.05) is 6.54 Å². The molecule has 1 rings (SSSR count). The molecule has 0 aliphatic carbocycles. The van der Waals surface area contributed by atoms with E-state index in [2.05, 4.69) is 0 Å². The normalized spacial score (nSPS) is 10.1. The predicted octanol–water partition coefficient (Wildman–Crippen LogP) is 0.989. The molecule has 0 bridgehead atoms. The quantitative estimate of drug-likeness (QED) is 0.588. The van der Waals surface area contributed by atoms with E-state index in [1.165, 1.54) is 12.1 Å². The highest BCUT2D eigenvalue weighted by Gasteiger charge is 2.00. The second-order valence-electron chi connectivity index (χ2n) is 2.71. The Balaban J connectivity index is 2.75. The summed E-state index contributed by atoms with van der Waals surface area (Å²) < 4.78 is 0. The van der Waals surface area contributed by atoms with E-state index in [1.54, 1.807) is 6.07 Å². The van der Waals surface area contributed by atoms with Crippen molar-refractivity contribution in [2.45, 2.75) is 12.8 Å². The fraction of sp³-hybridized carbons (Fsp3) is 0.333. The molecule has 1 aromatic rings. The van der Waals surface area contributed by atoms with Crippen LogP contribution < -0.4 is 5.73 Å². The van der Waals surface area contributed by atoms with Crippen LogP contribution >= 0.6 is 0 Å². The summed E-state index contributed by atoms with van der Waals surface area (Å²) in [6.45, 7) is 0.592. The lowest BCUT2D eigenvalue weighted by Gasteiger charge is -2.03. The summed E-state index contributed by atoms with van der Waals surface area (Å²) in [4.78, 5) is 0. The molecule has 3 nitrogen and oxygen atoms in total. The minimum Gasteiger partial charge on any atom is -0.508 e. The van der Waals surface area contributed by atoms with Crippen LogP contribution in [0, 0.1) is 0 Å². The first-order chi connectivity index (χ1) is 5.74. The van der Waals surface area contributed by atoms with Crippen molar-refractivity contribution in [1.82, 2.24) is 0 Å². The third-order valence-corrected chi connectivity index (χ3v) is 1.71. The van der Waals surface area contributed by atoms with E-state index in [0.29, 0.717) is 13.0 Å². The van der Waals surface area contributed by atoms with Gasteiger partial charge < -0.3 is 15.9 Å². The molecule has 0 atom stereocenters.